The van der Waals surface area contributed by atoms with Gasteiger partial charge >= 0.3 is 6.09 Å². The predicted octanol–water partition coefficient (Wildman–Crippen LogP) is 2.78. The molecule has 1 saturated heterocycles. The van der Waals surface area contributed by atoms with Crippen LogP contribution in [0.2, 0.25) is 0 Å². The first kappa shape index (κ1) is 20.5. The van der Waals surface area contributed by atoms with Crippen molar-refractivity contribution in [2.45, 2.75) is 88.6 Å². The van der Waals surface area contributed by atoms with Gasteiger partial charge in [0.05, 0.1) is 37.3 Å². The van der Waals surface area contributed by atoms with Gasteiger partial charge in [-0.1, -0.05) is 0 Å². The summed E-state index contributed by atoms with van der Waals surface area (Å²) in [5.41, 5.74) is 6.31. The normalized spacial score (nSPS) is 36.2. The van der Waals surface area contributed by atoms with Crippen LogP contribution in [-0.2, 0) is 14.9 Å². The molecule has 0 spiro atoms. The number of nitrogens with zero attached hydrogens (tertiary/aromatic N) is 3. The van der Waals surface area contributed by atoms with Crippen molar-refractivity contribution in [3.63, 3.8) is 0 Å². The topological polar surface area (TPSA) is 90.6 Å². The Hall–Kier alpha value is -1.80. The summed E-state index contributed by atoms with van der Waals surface area (Å²) in [6, 6.07) is -0.230. The average molecular weight is 407 g/mol. The number of carbonyl (C=O) groups excluding carboxylic acids is 1. The van der Waals surface area contributed by atoms with E-state index in [-0.39, 0.29) is 41.8 Å². The Balaban J connectivity index is 1.33. The van der Waals surface area contributed by atoms with Crippen LogP contribution in [0, 0.1) is 11.7 Å². The second kappa shape index (κ2) is 7.80. The van der Waals surface area contributed by atoms with E-state index in [1.165, 1.54) is 12.4 Å². The van der Waals surface area contributed by atoms with Crippen LogP contribution in [0.15, 0.2) is 12.4 Å². The molecule has 3 aliphatic rings. The van der Waals surface area contributed by atoms with Crippen LogP contribution in [0.5, 0.6) is 0 Å². The molecule has 8 heteroatoms. The maximum absolute atomic E-state index is 13.1. The van der Waals surface area contributed by atoms with Crippen LogP contribution >= 0.6 is 0 Å². The fourth-order valence-electron chi connectivity index (χ4n) is 5.17. The third-order valence-corrected chi connectivity index (χ3v) is 6.75. The Morgan fingerprint density at radius 3 is 2.76 bits per heavy atom. The molecule has 160 valence electrons. The number of aromatic nitrogens is 2. The molecule has 6 atom stereocenters. The third kappa shape index (κ3) is 3.97. The van der Waals surface area contributed by atoms with Gasteiger partial charge in [0.2, 0.25) is 0 Å². The number of carbonyl (C=O) groups is 1. The molecular weight excluding hydrogens is 375 g/mol. The molecule has 7 nitrogen and oxygen atoms in total. The summed E-state index contributed by atoms with van der Waals surface area (Å²) in [7, 11) is 0. The Morgan fingerprint density at radius 1 is 1.38 bits per heavy atom. The van der Waals surface area contributed by atoms with Gasteiger partial charge in [0.25, 0.3) is 0 Å². The molecule has 1 aromatic heterocycles. The van der Waals surface area contributed by atoms with Gasteiger partial charge in [-0.25, -0.2) is 19.2 Å². The van der Waals surface area contributed by atoms with E-state index in [4.69, 9.17) is 15.2 Å². The number of ether oxygens (including phenoxy) is 2. The third-order valence-electron chi connectivity index (χ3n) is 6.75. The van der Waals surface area contributed by atoms with Crippen LogP contribution in [0.3, 0.4) is 0 Å². The summed E-state index contributed by atoms with van der Waals surface area (Å²) < 4.78 is 24.8. The SMILES string of the molecule is CC(C)OC(=O)N1[C@H](C)C[C@H](N)[C@@H]1CO[C@@H]1CC[C@]2(c3ncc(F)cn3)C[C@@H]2C1. The molecule has 4 rings (SSSR count). The van der Waals surface area contributed by atoms with E-state index < -0.39 is 5.82 Å². The van der Waals surface area contributed by atoms with Crippen LogP contribution < -0.4 is 5.73 Å². The van der Waals surface area contributed by atoms with Crippen molar-refractivity contribution < 1.29 is 18.7 Å². The standard InChI is InChI=1S/C21H31FN4O3/c1-12(2)29-20(27)26-13(3)6-17(23)18(26)11-28-16-4-5-21(8-14(21)7-16)19-24-9-15(22)10-25-19/h9-10,12-14,16-18H,4-8,11,23H2,1-3H3/t13-,14+,16-,17+,18+,21+/m1/s1. The summed E-state index contributed by atoms with van der Waals surface area (Å²) in [4.78, 5) is 22.7. The molecule has 2 N–H and O–H groups in total. The van der Waals surface area contributed by atoms with Gasteiger partial charge < -0.3 is 15.2 Å². The molecule has 0 radical (unpaired) electrons. The van der Waals surface area contributed by atoms with E-state index in [0.29, 0.717) is 12.5 Å². The zero-order chi connectivity index (χ0) is 20.8. The molecule has 2 aliphatic carbocycles. The number of hydrogen-bond donors (Lipinski definition) is 1. The number of nitrogens with two attached hydrogens (primary N) is 1. The molecule has 0 aromatic carbocycles. The maximum Gasteiger partial charge on any atom is 0.410 e. The van der Waals surface area contributed by atoms with Gasteiger partial charge in [0, 0.05) is 17.5 Å². The second-order valence-corrected chi connectivity index (χ2v) is 9.17. The van der Waals surface area contributed by atoms with Gasteiger partial charge in [-0.15, -0.1) is 0 Å². The molecule has 2 heterocycles. The van der Waals surface area contributed by atoms with Crippen molar-refractivity contribution in [3.05, 3.63) is 24.0 Å². The molecular formula is C21H31FN4O3. The van der Waals surface area contributed by atoms with Crippen molar-refractivity contribution in [2.75, 3.05) is 6.61 Å². The molecule has 0 unspecified atom stereocenters. The summed E-state index contributed by atoms with van der Waals surface area (Å²) in [6.07, 6.45) is 6.74. The molecule has 1 aromatic rings. The van der Waals surface area contributed by atoms with E-state index in [0.717, 1.165) is 37.9 Å². The molecule has 1 aliphatic heterocycles. The van der Waals surface area contributed by atoms with Gasteiger partial charge in [-0.2, -0.15) is 0 Å². The van der Waals surface area contributed by atoms with Crippen molar-refractivity contribution >= 4 is 6.09 Å². The van der Waals surface area contributed by atoms with E-state index in [1.54, 1.807) is 4.90 Å². The lowest BCUT2D eigenvalue weighted by atomic mass is 9.86. The number of amides is 1. The predicted molar refractivity (Wildman–Crippen MR) is 105 cm³/mol. The number of fused-ring (bicyclic) bond motifs is 1. The lowest BCUT2D eigenvalue weighted by molar-refractivity contribution is -0.0140. The Kier molecular flexibility index (Phi) is 5.50. The first-order chi connectivity index (χ1) is 13.8. The smallest absolute Gasteiger partial charge is 0.410 e. The molecule has 1 amide bonds. The number of hydrogen-bond acceptors (Lipinski definition) is 6. The highest BCUT2D eigenvalue weighted by Gasteiger charge is 2.60. The molecule has 2 saturated carbocycles. The first-order valence-electron chi connectivity index (χ1n) is 10.6. The molecule has 3 fully saturated rings. The molecule has 0 bridgehead atoms. The molecule has 29 heavy (non-hydrogen) atoms. The second-order valence-electron chi connectivity index (χ2n) is 9.17. The highest BCUT2D eigenvalue weighted by molar-refractivity contribution is 5.69. The highest BCUT2D eigenvalue weighted by Crippen LogP contribution is 2.61. The van der Waals surface area contributed by atoms with Crippen LogP contribution in [-0.4, -0.2) is 57.9 Å². The van der Waals surface area contributed by atoms with Crippen LogP contribution in [0.1, 0.15) is 58.7 Å². The summed E-state index contributed by atoms with van der Waals surface area (Å²) in [6.45, 7) is 6.12. The van der Waals surface area contributed by atoms with E-state index in [9.17, 15) is 9.18 Å². The van der Waals surface area contributed by atoms with Gasteiger partial charge in [0.15, 0.2) is 5.82 Å². The lowest BCUT2D eigenvalue weighted by Crippen LogP contribution is -2.48. The van der Waals surface area contributed by atoms with Crippen LogP contribution in [0.25, 0.3) is 0 Å². The monoisotopic (exact) mass is 406 g/mol. The van der Waals surface area contributed by atoms with Crippen molar-refractivity contribution in [3.8, 4) is 0 Å². The Morgan fingerprint density at radius 2 is 2.10 bits per heavy atom. The van der Waals surface area contributed by atoms with Crippen molar-refractivity contribution in [1.82, 2.24) is 14.9 Å². The Labute approximate surface area is 171 Å². The Bertz CT molecular complexity index is 746. The summed E-state index contributed by atoms with van der Waals surface area (Å²) in [5.74, 6) is 0.837. The lowest BCUT2D eigenvalue weighted by Gasteiger charge is -2.32. The minimum atomic E-state index is -0.401. The maximum atomic E-state index is 13.1. The minimum Gasteiger partial charge on any atom is -0.447 e. The number of likely N-dealkylation sites (tertiary alicyclic amines) is 1. The van der Waals surface area contributed by atoms with Gasteiger partial charge in [-0.3, -0.25) is 4.90 Å². The fourth-order valence-corrected chi connectivity index (χ4v) is 5.17. The van der Waals surface area contributed by atoms with Crippen molar-refractivity contribution in [1.29, 1.82) is 0 Å². The number of rotatable bonds is 5. The first-order valence-corrected chi connectivity index (χ1v) is 10.6. The van der Waals surface area contributed by atoms with Gasteiger partial charge in [-0.05, 0) is 58.8 Å². The highest BCUT2D eigenvalue weighted by atomic mass is 19.1. The fraction of sp³-hybridized carbons (Fsp3) is 0.762. The van der Waals surface area contributed by atoms with Gasteiger partial charge in [0.1, 0.15) is 5.82 Å². The summed E-state index contributed by atoms with van der Waals surface area (Å²) >= 11 is 0. The zero-order valence-corrected chi connectivity index (χ0v) is 17.4. The average Bonchev–Trinajstić information content (AvgIpc) is 3.32. The summed E-state index contributed by atoms with van der Waals surface area (Å²) in [5, 5.41) is 0. The van der Waals surface area contributed by atoms with E-state index >= 15 is 0 Å². The van der Waals surface area contributed by atoms with E-state index in [2.05, 4.69) is 9.97 Å². The number of halogens is 1. The zero-order valence-electron chi connectivity index (χ0n) is 17.4. The quantitative estimate of drug-likeness (QED) is 0.809. The van der Waals surface area contributed by atoms with E-state index in [1.807, 2.05) is 20.8 Å². The minimum absolute atomic E-state index is 0.00105. The van der Waals surface area contributed by atoms with Crippen molar-refractivity contribution in [2.24, 2.45) is 11.7 Å². The largest absolute Gasteiger partial charge is 0.447 e. The van der Waals surface area contributed by atoms with Crippen LogP contribution in [0.4, 0.5) is 9.18 Å².